The number of hydrogen-bond acceptors (Lipinski definition) is 8. The molecule has 4 rings (SSSR count). The standard InChI is InChI=1S/C27H29N3O5S3.C2H4O2/c1-2-3-4-8-16-35-23-13-11-20(12-14-23)25-21(19-30(28-25)22-9-6-5-7-10-22)18-24-26(31)29(27(36)37-24)15-17-38(32,33)34;1-2(3)4/h5-7,9-14,18-19H,2-4,8,15-17H2,1H3,(H,32,33,34);1H3,(H,3,4)/b24-18+;. The van der Waals surface area contributed by atoms with Crippen LogP contribution in [0.25, 0.3) is 23.0 Å². The number of nitrogens with zero attached hydrogens (tertiary/aromatic N) is 3. The first-order chi connectivity index (χ1) is 20.0. The molecule has 3 aromatic rings. The number of benzene rings is 2. The number of carbonyl (C=O) groups is 2. The lowest BCUT2D eigenvalue weighted by atomic mass is 10.1. The largest absolute Gasteiger partial charge is 0.494 e. The van der Waals surface area contributed by atoms with E-state index in [1.807, 2.05) is 60.8 Å². The van der Waals surface area contributed by atoms with Crippen LogP contribution in [-0.4, -0.2) is 67.9 Å². The fourth-order valence-corrected chi connectivity index (χ4v) is 5.61. The van der Waals surface area contributed by atoms with E-state index < -0.39 is 27.7 Å². The highest BCUT2D eigenvalue weighted by Crippen LogP contribution is 2.35. The van der Waals surface area contributed by atoms with Gasteiger partial charge in [0.2, 0.25) is 0 Å². The number of carboxylic acids is 1. The summed E-state index contributed by atoms with van der Waals surface area (Å²) < 4.78 is 39.3. The van der Waals surface area contributed by atoms with E-state index in [4.69, 9.17) is 36.5 Å². The molecule has 2 aromatic carbocycles. The van der Waals surface area contributed by atoms with Crippen LogP contribution in [0, 0.1) is 0 Å². The van der Waals surface area contributed by atoms with E-state index in [1.54, 1.807) is 10.8 Å². The molecule has 1 aromatic heterocycles. The molecule has 224 valence electrons. The molecule has 1 aliphatic rings. The zero-order valence-corrected chi connectivity index (χ0v) is 25.8. The lowest BCUT2D eigenvalue weighted by molar-refractivity contribution is -0.134. The Hall–Kier alpha value is -3.52. The van der Waals surface area contributed by atoms with Gasteiger partial charge in [0, 0.05) is 30.8 Å². The molecule has 13 heteroatoms. The minimum absolute atomic E-state index is 0.211. The number of unbranched alkanes of at least 4 members (excludes halogenated alkanes) is 3. The van der Waals surface area contributed by atoms with Gasteiger partial charge in [-0.05, 0) is 48.9 Å². The monoisotopic (exact) mass is 631 g/mol. The Kier molecular flexibility index (Phi) is 12.3. The van der Waals surface area contributed by atoms with Crippen LogP contribution >= 0.6 is 24.0 Å². The first-order valence-electron chi connectivity index (χ1n) is 13.3. The van der Waals surface area contributed by atoms with E-state index in [0.29, 0.717) is 22.8 Å². The molecule has 1 fully saturated rings. The molecule has 1 saturated heterocycles. The molecular weight excluding hydrogens is 599 g/mol. The first-order valence-corrected chi connectivity index (χ1v) is 16.1. The van der Waals surface area contributed by atoms with Crippen molar-refractivity contribution in [1.29, 1.82) is 0 Å². The number of thioether (sulfide) groups is 1. The SMILES string of the molecule is CC(=O)O.CCCCCCOc1ccc(-c2nn(-c3ccccc3)cc2/C=C2/SC(=S)N(CCS(=O)(=O)O)C2=O)cc1. The van der Waals surface area contributed by atoms with Crippen LogP contribution in [-0.2, 0) is 19.7 Å². The number of carboxylic acid groups (broad SMARTS) is 1. The van der Waals surface area contributed by atoms with E-state index in [0.717, 1.165) is 48.5 Å². The molecule has 2 N–H and O–H groups in total. The summed E-state index contributed by atoms with van der Waals surface area (Å²) in [7, 11) is -4.22. The van der Waals surface area contributed by atoms with Gasteiger partial charge in [0.15, 0.2) is 0 Å². The summed E-state index contributed by atoms with van der Waals surface area (Å²) in [5.74, 6) is -1.04. The Balaban J connectivity index is 0.00000114. The molecule has 0 radical (unpaired) electrons. The van der Waals surface area contributed by atoms with Gasteiger partial charge in [-0.1, -0.05) is 68.4 Å². The zero-order valence-electron chi connectivity index (χ0n) is 23.3. The van der Waals surface area contributed by atoms with E-state index in [2.05, 4.69) is 6.92 Å². The van der Waals surface area contributed by atoms with Crippen LogP contribution < -0.4 is 4.74 Å². The van der Waals surface area contributed by atoms with Crippen molar-refractivity contribution >= 4 is 56.4 Å². The van der Waals surface area contributed by atoms with Gasteiger partial charge >= 0.3 is 0 Å². The molecule has 0 saturated carbocycles. The molecule has 1 amide bonds. The van der Waals surface area contributed by atoms with Crippen LogP contribution in [0.3, 0.4) is 0 Å². The summed E-state index contributed by atoms with van der Waals surface area (Å²) in [6.45, 7) is 3.72. The third kappa shape index (κ3) is 10.1. The zero-order chi connectivity index (χ0) is 30.7. The number of carbonyl (C=O) groups excluding carboxylic acids is 1. The average Bonchev–Trinajstić information content (AvgIpc) is 3.47. The molecule has 0 spiro atoms. The molecule has 0 aliphatic carbocycles. The minimum Gasteiger partial charge on any atom is -0.494 e. The van der Waals surface area contributed by atoms with Crippen molar-refractivity contribution in [2.75, 3.05) is 18.9 Å². The highest BCUT2D eigenvalue weighted by atomic mass is 32.2. The van der Waals surface area contributed by atoms with Gasteiger partial charge < -0.3 is 9.84 Å². The van der Waals surface area contributed by atoms with Crippen molar-refractivity contribution in [2.24, 2.45) is 0 Å². The van der Waals surface area contributed by atoms with Gasteiger partial charge in [0.05, 0.1) is 28.6 Å². The Morgan fingerprint density at radius 2 is 1.76 bits per heavy atom. The topological polar surface area (TPSA) is 139 Å². The fourth-order valence-electron chi connectivity index (χ4n) is 3.90. The smallest absolute Gasteiger partial charge is 0.300 e. The third-order valence-corrected chi connectivity index (χ3v) is 7.97. The van der Waals surface area contributed by atoms with E-state index in [-0.39, 0.29) is 10.9 Å². The number of hydrogen-bond donors (Lipinski definition) is 2. The second-order valence-electron chi connectivity index (χ2n) is 9.29. The number of amides is 1. The van der Waals surface area contributed by atoms with Gasteiger partial charge in [-0.15, -0.1) is 0 Å². The Labute approximate surface area is 255 Å². The maximum Gasteiger partial charge on any atom is 0.300 e. The number of para-hydroxylation sites is 1. The van der Waals surface area contributed by atoms with E-state index in [1.165, 1.54) is 17.7 Å². The van der Waals surface area contributed by atoms with E-state index >= 15 is 0 Å². The molecular formula is C29H33N3O7S3. The molecule has 2 heterocycles. The summed E-state index contributed by atoms with van der Waals surface area (Å²) >= 11 is 6.38. The molecule has 0 atom stereocenters. The maximum atomic E-state index is 13.0. The van der Waals surface area contributed by atoms with Crippen LogP contribution in [0.4, 0.5) is 0 Å². The van der Waals surface area contributed by atoms with E-state index in [9.17, 15) is 13.2 Å². The predicted octanol–water partition coefficient (Wildman–Crippen LogP) is 5.68. The van der Waals surface area contributed by atoms with Crippen molar-refractivity contribution in [3.05, 3.63) is 71.3 Å². The van der Waals surface area contributed by atoms with Crippen molar-refractivity contribution in [3.63, 3.8) is 0 Å². The van der Waals surface area contributed by atoms with Crippen molar-refractivity contribution < 1.29 is 32.4 Å². The van der Waals surface area contributed by atoms with Crippen LogP contribution in [0.1, 0.15) is 45.1 Å². The fraction of sp³-hybridized carbons (Fsp3) is 0.310. The first kappa shape index (κ1) is 33.0. The summed E-state index contributed by atoms with van der Waals surface area (Å²) in [6.07, 6.45) is 8.11. The summed E-state index contributed by atoms with van der Waals surface area (Å²) in [5, 5.41) is 12.2. The number of aliphatic carboxylic acids is 1. The predicted molar refractivity (Wildman–Crippen MR) is 168 cm³/mol. The molecule has 0 bridgehead atoms. The number of thiocarbonyl (C=S) groups is 1. The Morgan fingerprint density at radius 3 is 2.38 bits per heavy atom. The molecule has 0 unspecified atom stereocenters. The molecule has 42 heavy (non-hydrogen) atoms. The summed E-state index contributed by atoms with van der Waals surface area (Å²) in [4.78, 5) is 23.5. The van der Waals surface area contributed by atoms with Crippen molar-refractivity contribution in [2.45, 2.75) is 39.5 Å². The average molecular weight is 632 g/mol. The lowest BCUT2D eigenvalue weighted by Crippen LogP contribution is -2.32. The van der Waals surface area contributed by atoms with Gasteiger partial charge in [-0.3, -0.25) is 19.0 Å². The van der Waals surface area contributed by atoms with Crippen molar-refractivity contribution in [1.82, 2.24) is 14.7 Å². The summed E-state index contributed by atoms with van der Waals surface area (Å²) in [5.41, 5.74) is 3.09. The number of rotatable bonds is 12. The lowest BCUT2D eigenvalue weighted by Gasteiger charge is -2.12. The summed E-state index contributed by atoms with van der Waals surface area (Å²) in [6, 6.07) is 17.3. The third-order valence-electron chi connectivity index (χ3n) is 5.89. The Bertz CT molecular complexity index is 1520. The molecule has 1 aliphatic heterocycles. The minimum atomic E-state index is -4.22. The van der Waals surface area contributed by atoms with Gasteiger partial charge in [-0.25, -0.2) is 4.68 Å². The second-order valence-corrected chi connectivity index (χ2v) is 12.5. The van der Waals surface area contributed by atoms with Gasteiger partial charge in [0.25, 0.3) is 22.0 Å². The highest BCUT2D eigenvalue weighted by molar-refractivity contribution is 8.26. The van der Waals surface area contributed by atoms with Crippen LogP contribution in [0.5, 0.6) is 5.75 Å². The number of ether oxygens (including phenoxy) is 1. The quantitative estimate of drug-likeness (QED) is 0.111. The van der Waals surface area contributed by atoms with Gasteiger partial charge in [0.1, 0.15) is 10.1 Å². The van der Waals surface area contributed by atoms with Crippen LogP contribution in [0.15, 0.2) is 65.7 Å². The van der Waals surface area contributed by atoms with Gasteiger partial charge in [-0.2, -0.15) is 13.5 Å². The number of aromatic nitrogens is 2. The molecule has 10 nitrogen and oxygen atoms in total. The van der Waals surface area contributed by atoms with Crippen LogP contribution in [0.2, 0.25) is 0 Å². The highest BCUT2D eigenvalue weighted by Gasteiger charge is 2.33. The Morgan fingerprint density at radius 1 is 1.10 bits per heavy atom. The second kappa shape index (κ2) is 15.6. The van der Waals surface area contributed by atoms with Crippen molar-refractivity contribution in [3.8, 4) is 22.7 Å². The maximum absolute atomic E-state index is 13.0. The normalized spacial score (nSPS) is 14.2.